The molecule has 0 spiro atoms. The van der Waals surface area contributed by atoms with Crippen LogP contribution in [0.25, 0.3) is 5.57 Å². The molecule has 0 fully saturated rings. The van der Waals surface area contributed by atoms with E-state index in [2.05, 4.69) is 17.2 Å². The topological polar surface area (TPSA) is 41.1 Å². The van der Waals surface area contributed by atoms with Gasteiger partial charge in [-0.3, -0.25) is 0 Å². The summed E-state index contributed by atoms with van der Waals surface area (Å²) in [5, 5.41) is 6.00. The zero-order valence-corrected chi connectivity index (χ0v) is 10.2. The average molecular weight is 239 g/mol. The summed E-state index contributed by atoms with van der Waals surface area (Å²) in [4.78, 5) is 11.3. The van der Waals surface area contributed by atoms with E-state index in [9.17, 15) is 4.79 Å². The third-order valence-electron chi connectivity index (χ3n) is 2.02. The summed E-state index contributed by atoms with van der Waals surface area (Å²) >= 11 is 6.00. The van der Waals surface area contributed by atoms with Crippen molar-refractivity contribution < 1.29 is 4.79 Å². The minimum atomic E-state index is -0.225. The van der Waals surface area contributed by atoms with Crippen LogP contribution in [-0.2, 0) is 0 Å². The first-order valence-electron chi connectivity index (χ1n) is 5.05. The van der Waals surface area contributed by atoms with E-state index in [0.29, 0.717) is 17.3 Å². The number of carbonyl (C=O) groups excluding carboxylic acids is 1. The van der Waals surface area contributed by atoms with Crippen LogP contribution in [0.5, 0.6) is 0 Å². The first kappa shape index (κ1) is 12.6. The molecule has 0 unspecified atom stereocenters. The zero-order valence-electron chi connectivity index (χ0n) is 9.43. The second kappa shape index (κ2) is 5.56. The molecule has 2 N–H and O–H groups in total. The van der Waals surface area contributed by atoms with Crippen LogP contribution < -0.4 is 10.6 Å². The van der Waals surface area contributed by atoms with Crippen LogP contribution in [-0.4, -0.2) is 12.6 Å². The summed E-state index contributed by atoms with van der Waals surface area (Å²) in [5.41, 5.74) is 2.41. The Kier molecular flexibility index (Phi) is 4.38. The second-order valence-electron chi connectivity index (χ2n) is 3.46. The van der Waals surface area contributed by atoms with Gasteiger partial charge in [-0.2, -0.15) is 0 Å². The molecule has 2 amide bonds. The molecule has 0 bridgehead atoms. The molecule has 0 aromatic heterocycles. The summed E-state index contributed by atoms with van der Waals surface area (Å²) in [7, 11) is 0. The van der Waals surface area contributed by atoms with E-state index in [0.717, 1.165) is 11.1 Å². The predicted molar refractivity (Wildman–Crippen MR) is 68.9 cm³/mol. The van der Waals surface area contributed by atoms with Gasteiger partial charge >= 0.3 is 6.03 Å². The molecule has 0 heterocycles. The molecule has 16 heavy (non-hydrogen) atoms. The molecular formula is C12H15ClN2O. The standard InChI is InChI=1S/C12H15ClN2O/c1-4-14-12(16)15-9-5-6-11(13)10(7-9)8(2)3/h5-7H,2,4H2,1,3H3,(H2,14,15,16). The fourth-order valence-corrected chi connectivity index (χ4v) is 1.54. The van der Waals surface area contributed by atoms with Crippen molar-refractivity contribution in [3.8, 4) is 0 Å². The first-order chi connectivity index (χ1) is 7.54. The van der Waals surface area contributed by atoms with Crippen molar-refractivity contribution in [1.29, 1.82) is 0 Å². The smallest absolute Gasteiger partial charge is 0.319 e. The second-order valence-corrected chi connectivity index (χ2v) is 3.87. The number of anilines is 1. The molecule has 1 aromatic carbocycles. The Bertz CT molecular complexity index is 415. The third-order valence-corrected chi connectivity index (χ3v) is 2.35. The Morgan fingerprint density at radius 3 is 2.75 bits per heavy atom. The average Bonchev–Trinajstić information content (AvgIpc) is 2.21. The molecule has 0 saturated carbocycles. The molecule has 4 heteroatoms. The highest BCUT2D eigenvalue weighted by atomic mass is 35.5. The molecule has 1 aromatic rings. The molecular weight excluding hydrogens is 224 g/mol. The summed E-state index contributed by atoms with van der Waals surface area (Å²) in [6.45, 7) is 8.15. The Hall–Kier alpha value is -1.48. The van der Waals surface area contributed by atoms with E-state index in [1.807, 2.05) is 13.8 Å². The molecule has 1 rings (SSSR count). The molecule has 0 aliphatic heterocycles. The van der Waals surface area contributed by atoms with Gasteiger partial charge in [0, 0.05) is 17.3 Å². The van der Waals surface area contributed by atoms with Crippen LogP contribution in [0, 0.1) is 0 Å². The number of rotatable bonds is 3. The summed E-state index contributed by atoms with van der Waals surface area (Å²) in [6, 6.07) is 5.08. The summed E-state index contributed by atoms with van der Waals surface area (Å²) < 4.78 is 0. The van der Waals surface area contributed by atoms with Gasteiger partial charge in [-0.1, -0.05) is 18.2 Å². The van der Waals surface area contributed by atoms with Crippen molar-refractivity contribution in [2.75, 3.05) is 11.9 Å². The molecule has 0 saturated heterocycles. The number of urea groups is 1. The predicted octanol–water partition coefficient (Wildman–Crippen LogP) is 3.51. The third kappa shape index (κ3) is 3.28. The van der Waals surface area contributed by atoms with Crippen molar-refractivity contribution in [2.24, 2.45) is 0 Å². The molecule has 0 atom stereocenters. The monoisotopic (exact) mass is 238 g/mol. The lowest BCUT2D eigenvalue weighted by Gasteiger charge is -2.09. The van der Waals surface area contributed by atoms with E-state index in [4.69, 9.17) is 11.6 Å². The van der Waals surface area contributed by atoms with Crippen molar-refractivity contribution in [1.82, 2.24) is 5.32 Å². The van der Waals surface area contributed by atoms with E-state index in [-0.39, 0.29) is 6.03 Å². The first-order valence-corrected chi connectivity index (χ1v) is 5.42. The van der Waals surface area contributed by atoms with Crippen molar-refractivity contribution in [3.05, 3.63) is 35.4 Å². The van der Waals surface area contributed by atoms with Crippen LogP contribution in [0.3, 0.4) is 0 Å². The Labute approximate surface area is 100 Å². The van der Waals surface area contributed by atoms with E-state index in [1.54, 1.807) is 18.2 Å². The molecule has 86 valence electrons. The van der Waals surface area contributed by atoms with Gasteiger partial charge in [0.25, 0.3) is 0 Å². The summed E-state index contributed by atoms with van der Waals surface area (Å²) in [6.07, 6.45) is 0. The van der Waals surface area contributed by atoms with E-state index < -0.39 is 0 Å². The van der Waals surface area contributed by atoms with Crippen LogP contribution in [0.15, 0.2) is 24.8 Å². The largest absolute Gasteiger partial charge is 0.338 e. The maximum atomic E-state index is 11.3. The van der Waals surface area contributed by atoms with Crippen molar-refractivity contribution in [3.63, 3.8) is 0 Å². The number of carbonyl (C=O) groups is 1. The number of benzene rings is 1. The van der Waals surface area contributed by atoms with Crippen molar-refractivity contribution >= 4 is 28.9 Å². The van der Waals surface area contributed by atoms with E-state index in [1.165, 1.54) is 0 Å². The van der Waals surface area contributed by atoms with E-state index >= 15 is 0 Å². The normalized spacial score (nSPS) is 9.69. The fourth-order valence-electron chi connectivity index (χ4n) is 1.27. The van der Waals surface area contributed by atoms with Crippen molar-refractivity contribution in [2.45, 2.75) is 13.8 Å². The van der Waals surface area contributed by atoms with Crippen LogP contribution in [0.2, 0.25) is 5.02 Å². The van der Waals surface area contributed by atoms with Gasteiger partial charge in [0.2, 0.25) is 0 Å². The molecule has 0 aliphatic rings. The fraction of sp³-hybridized carbons (Fsp3) is 0.250. The number of nitrogens with one attached hydrogen (secondary N) is 2. The number of amides is 2. The van der Waals surface area contributed by atoms with Crippen LogP contribution >= 0.6 is 11.6 Å². The Morgan fingerprint density at radius 1 is 1.50 bits per heavy atom. The Balaban J connectivity index is 2.87. The van der Waals surface area contributed by atoms with Gasteiger partial charge in [0.1, 0.15) is 0 Å². The number of halogens is 1. The number of allylic oxidation sites excluding steroid dienone is 1. The number of hydrogen-bond acceptors (Lipinski definition) is 1. The highest BCUT2D eigenvalue weighted by Gasteiger charge is 2.04. The maximum Gasteiger partial charge on any atom is 0.319 e. The molecule has 0 aliphatic carbocycles. The van der Waals surface area contributed by atoms with Gasteiger partial charge < -0.3 is 10.6 Å². The van der Waals surface area contributed by atoms with Crippen LogP contribution in [0.1, 0.15) is 19.4 Å². The zero-order chi connectivity index (χ0) is 12.1. The highest BCUT2D eigenvalue weighted by molar-refractivity contribution is 6.32. The van der Waals surface area contributed by atoms with Crippen LogP contribution in [0.4, 0.5) is 10.5 Å². The lowest BCUT2D eigenvalue weighted by molar-refractivity contribution is 0.252. The van der Waals surface area contributed by atoms with Gasteiger partial charge in [-0.25, -0.2) is 4.79 Å². The quantitative estimate of drug-likeness (QED) is 0.831. The minimum Gasteiger partial charge on any atom is -0.338 e. The molecule has 0 radical (unpaired) electrons. The highest BCUT2D eigenvalue weighted by Crippen LogP contribution is 2.25. The molecule has 3 nitrogen and oxygen atoms in total. The SMILES string of the molecule is C=C(C)c1cc(NC(=O)NCC)ccc1Cl. The lowest BCUT2D eigenvalue weighted by Crippen LogP contribution is -2.28. The summed E-state index contributed by atoms with van der Waals surface area (Å²) in [5.74, 6) is 0. The minimum absolute atomic E-state index is 0.225. The van der Waals surface area contributed by atoms with Gasteiger partial charge in [0.05, 0.1) is 0 Å². The maximum absolute atomic E-state index is 11.3. The Morgan fingerprint density at radius 2 is 2.19 bits per heavy atom. The van der Waals surface area contributed by atoms with Gasteiger partial charge in [0.15, 0.2) is 0 Å². The van der Waals surface area contributed by atoms with Gasteiger partial charge in [-0.05, 0) is 43.2 Å². The van der Waals surface area contributed by atoms with Gasteiger partial charge in [-0.15, -0.1) is 0 Å². The number of hydrogen-bond donors (Lipinski definition) is 2. The lowest BCUT2D eigenvalue weighted by atomic mass is 10.1.